The Morgan fingerprint density at radius 3 is 1.97 bits per heavy atom. The number of ether oxygens (including phenoxy) is 1. The molecule has 0 amide bonds. The predicted octanol–water partition coefficient (Wildman–Crippen LogP) is 3.91. The molecule has 13 heteroatoms. The van der Waals surface area contributed by atoms with Crippen molar-refractivity contribution >= 4 is 71.0 Å². The molecule has 0 aliphatic carbocycles. The van der Waals surface area contributed by atoms with Gasteiger partial charge in [-0.05, 0) is 0 Å². The van der Waals surface area contributed by atoms with Crippen molar-refractivity contribution in [3.8, 4) is 5.75 Å². The zero-order chi connectivity index (χ0) is 22.8. The average Bonchev–Trinajstić information content (AvgIpc) is 2.66. The number of alkyl halides is 4. The Balaban J connectivity index is 2.03. The van der Waals surface area contributed by atoms with Crippen LogP contribution >= 0.6 is 37.4 Å². The van der Waals surface area contributed by atoms with Gasteiger partial charge in [-0.15, -0.1) is 0 Å². The van der Waals surface area contributed by atoms with Gasteiger partial charge < -0.3 is 0 Å². The van der Waals surface area contributed by atoms with Crippen molar-refractivity contribution in [2.45, 2.75) is 24.0 Å². The van der Waals surface area contributed by atoms with E-state index in [0.29, 0.717) is 0 Å². The number of rotatable bonds is 8. The van der Waals surface area contributed by atoms with E-state index >= 15 is 0 Å². The Morgan fingerprint density at radius 2 is 1.47 bits per heavy atom. The van der Waals surface area contributed by atoms with Crippen LogP contribution in [0.2, 0.25) is 0 Å². The molecule has 166 valence electrons. The molecule has 0 unspecified atom stereocenters. The molecule has 0 aliphatic heterocycles. The van der Waals surface area contributed by atoms with Crippen LogP contribution < -0.4 is 12.0 Å². The average molecular weight is 788 g/mol. The number of halogens is 6. The van der Waals surface area contributed by atoms with E-state index in [2.05, 4.69) is 37.4 Å². The minimum absolute atomic E-state index is 0.0353. The van der Waals surface area contributed by atoms with Crippen LogP contribution in [0, 0.1) is 0 Å². The number of hydrogen-bond donors (Lipinski definition) is 1. The van der Waals surface area contributed by atoms with E-state index in [1.54, 1.807) is 12.1 Å². The predicted molar refractivity (Wildman–Crippen MR) is 122 cm³/mol. The van der Waals surface area contributed by atoms with Gasteiger partial charge in [0.25, 0.3) is 0 Å². The maximum atomic E-state index is 13.4. The van der Waals surface area contributed by atoms with Gasteiger partial charge in [-0.2, -0.15) is 0 Å². The van der Waals surface area contributed by atoms with Crippen LogP contribution in [0.3, 0.4) is 0 Å². The molecular weight excluding hydrogens is 774 g/mol. The quantitative estimate of drug-likeness (QED) is 0.110. The molecule has 0 radical (unpaired) electrons. The first-order valence-electron chi connectivity index (χ1n) is 7.99. The second-order valence-electron chi connectivity index (χ2n) is 5.92. The van der Waals surface area contributed by atoms with Crippen LogP contribution in [0.15, 0.2) is 54.6 Å². The van der Waals surface area contributed by atoms with E-state index in [0.717, 1.165) is 3.61 Å². The third-order valence-electron chi connectivity index (χ3n) is 3.78. The molecule has 5 nitrogen and oxygen atoms in total. The molecule has 30 heavy (non-hydrogen) atoms. The van der Waals surface area contributed by atoms with E-state index in [4.69, 9.17) is 9.29 Å². The van der Waals surface area contributed by atoms with Gasteiger partial charge >= 0.3 is 195 Å². The Bertz CT molecular complexity index is 1000. The molecule has 1 N–H and O–H groups in total. The van der Waals surface area contributed by atoms with Crippen molar-refractivity contribution in [3.63, 3.8) is 0 Å². The van der Waals surface area contributed by atoms with Crippen molar-refractivity contribution in [1.82, 2.24) is 0 Å². The number of hydrogen-bond acceptors (Lipinski definition) is 4. The summed E-state index contributed by atoms with van der Waals surface area (Å²) in [5, 5.41) is -5.71. The van der Waals surface area contributed by atoms with Crippen molar-refractivity contribution in [2.75, 3.05) is 0 Å². The first-order chi connectivity index (χ1) is 13.7. The summed E-state index contributed by atoms with van der Waals surface area (Å²) in [6.45, 7) is 0. The summed E-state index contributed by atoms with van der Waals surface area (Å²) in [7, 11) is -9.00. The molecule has 2 rings (SSSR count). The van der Waals surface area contributed by atoms with Crippen LogP contribution in [-0.2, 0) is 14.9 Å². The summed E-state index contributed by atoms with van der Waals surface area (Å²) in [4.78, 5) is 11.7. The first-order valence-corrected chi connectivity index (χ1v) is 25.3. The van der Waals surface area contributed by atoms with Gasteiger partial charge in [-0.25, -0.2) is 0 Å². The molecule has 0 aromatic heterocycles. The van der Waals surface area contributed by atoms with Crippen molar-refractivity contribution in [2.24, 2.45) is 0 Å². The van der Waals surface area contributed by atoms with Gasteiger partial charge in [0.1, 0.15) is 0 Å². The van der Waals surface area contributed by atoms with Crippen molar-refractivity contribution in [1.29, 1.82) is 0 Å². The molecule has 0 bridgehead atoms. The van der Waals surface area contributed by atoms with Crippen LogP contribution in [0.25, 0.3) is 0 Å². The fraction of sp³-hybridized carbons (Fsp3) is 0.235. The van der Waals surface area contributed by atoms with Crippen LogP contribution in [-0.4, -0.2) is 40.4 Å². The van der Waals surface area contributed by atoms with Crippen LogP contribution in [0.1, 0.15) is 12.8 Å². The van der Waals surface area contributed by atoms with Gasteiger partial charge in [-0.3, -0.25) is 0 Å². The Hall–Kier alpha value is -0.210. The first kappa shape index (κ1) is 26.0. The van der Waals surface area contributed by atoms with E-state index in [-0.39, 0.29) is 5.75 Å². The molecule has 0 spiro atoms. The Labute approximate surface area is 193 Å². The molecule has 0 aliphatic rings. The normalized spacial score (nSPS) is 13.7. The monoisotopic (exact) mass is 790 g/mol. The Kier molecular flexibility index (Phi) is 8.45. The molecule has 0 heterocycles. The summed E-state index contributed by atoms with van der Waals surface area (Å²) >= 11 is 4.85. The molecule has 2 aromatic carbocycles. The third-order valence-corrected chi connectivity index (χ3v) is 23.3. The second kappa shape index (κ2) is 9.73. The van der Waals surface area contributed by atoms with Crippen LogP contribution in [0.4, 0.5) is 17.6 Å². The SMILES string of the molecule is O=C(CCC(F)(F)C(F)(F)S(=O)(=O)O)Oc1ccc([Te](I)(I)c2ccccc2)cc1. The summed E-state index contributed by atoms with van der Waals surface area (Å²) in [6, 6.07) is 16.3. The second-order valence-corrected chi connectivity index (χ2v) is 41.8. The topological polar surface area (TPSA) is 80.7 Å². The fourth-order valence-corrected chi connectivity index (χ4v) is 14.1. The molecule has 0 saturated carbocycles. The van der Waals surface area contributed by atoms with E-state index in [1.807, 2.05) is 30.3 Å². The van der Waals surface area contributed by atoms with E-state index in [1.165, 1.54) is 15.7 Å². The molecule has 0 saturated heterocycles. The number of benzene rings is 2. The van der Waals surface area contributed by atoms with Crippen LogP contribution in [0.5, 0.6) is 5.75 Å². The Morgan fingerprint density at radius 1 is 0.967 bits per heavy atom. The van der Waals surface area contributed by atoms with Gasteiger partial charge in [0, 0.05) is 0 Å². The number of carbonyl (C=O) groups excluding carboxylic acids is 1. The van der Waals surface area contributed by atoms with E-state index < -0.39 is 50.4 Å². The van der Waals surface area contributed by atoms with Crippen molar-refractivity contribution in [3.05, 3.63) is 54.6 Å². The third kappa shape index (κ3) is 5.97. The number of esters is 1. The zero-order valence-electron chi connectivity index (χ0n) is 14.8. The van der Waals surface area contributed by atoms with E-state index in [9.17, 15) is 30.8 Å². The summed E-state index contributed by atoms with van der Waals surface area (Å²) in [6.07, 6.45) is -2.99. The summed E-state index contributed by atoms with van der Waals surface area (Å²) in [5.74, 6) is -6.35. The van der Waals surface area contributed by atoms with Crippen molar-refractivity contribution < 1.29 is 40.1 Å². The van der Waals surface area contributed by atoms with Gasteiger partial charge in [-0.1, -0.05) is 0 Å². The summed E-state index contributed by atoms with van der Waals surface area (Å²) < 4.78 is 89.5. The number of carbonyl (C=O) groups is 1. The molecule has 2 aromatic rings. The maximum absolute atomic E-state index is 13.4. The van der Waals surface area contributed by atoms with Gasteiger partial charge in [0.15, 0.2) is 0 Å². The minimum atomic E-state index is -6.34. The molecular formula is C17H14F4I2O5STe. The molecule has 0 fully saturated rings. The zero-order valence-corrected chi connectivity index (χ0v) is 22.2. The summed E-state index contributed by atoms with van der Waals surface area (Å²) in [5.41, 5.74) is 0. The molecule has 0 atom stereocenters. The van der Waals surface area contributed by atoms with Gasteiger partial charge in [0.2, 0.25) is 0 Å². The standard InChI is InChI=1S/C17H14F4I2O5STe/c18-16(19,17(20,21)29(25,26)27)11-10-15(24)28-12-6-8-14(9-7-12)30(22,23)13-4-2-1-3-5-13/h1-9H,10-11H2,(H,25,26,27). The fourth-order valence-electron chi connectivity index (χ4n) is 2.18. The van der Waals surface area contributed by atoms with Gasteiger partial charge in [0.05, 0.1) is 0 Å².